The number of nitrogens with zero attached hydrogens (tertiary/aromatic N) is 1. The van der Waals surface area contributed by atoms with Crippen molar-refractivity contribution in [2.45, 2.75) is 25.8 Å². The average molecular weight is 312 g/mol. The molecule has 0 spiro atoms. The summed E-state index contributed by atoms with van der Waals surface area (Å²) in [6, 6.07) is 3.38. The maximum Gasteiger partial charge on any atom is 0.245 e. The Labute approximate surface area is 116 Å². The van der Waals surface area contributed by atoms with Gasteiger partial charge in [0.1, 0.15) is 6.04 Å². The predicted octanol–water partition coefficient (Wildman–Crippen LogP) is 2.64. The van der Waals surface area contributed by atoms with E-state index in [0.29, 0.717) is 0 Å². The molecule has 1 aromatic rings. The Morgan fingerprint density at radius 3 is 2.89 bits per heavy atom. The molecule has 0 aromatic heterocycles. The largest absolute Gasteiger partial charge is 0.374 e. The van der Waals surface area contributed by atoms with Crippen LogP contribution in [0.3, 0.4) is 0 Å². The Hall–Kier alpha value is -1.07. The van der Waals surface area contributed by atoms with Crippen molar-refractivity contribution in [2.24, 2.45) is 5.73 Å². The molecule has 0 bridgehead atoms. The average Bonchev–Trinajstić information content (AvgIpc) is 2.62. The van der Waals surface area contributed by atoms with Gasteiger partial charge in [-0.2, -0.15) is 0 Å². The van der Waals surface area contributed by atoms with Crippen LogP contribution in [0, 0.1) is 0 Å². The summed E-state index contributed by atoms with van der Waals surface area (Å²) in [5.74, 6) is -0.134. The molecular weight excluding hydrogens is 294 g/mol. The van der Waals surface area contributed by atoms with Crippen molar-refractivity contribution in [3.63, 3.8) is 0 Å². The number of amides is 1. The van der Waals surface area contributed by atoms with Gasteiger partial charge in [-0.3, -0.25) is 4.79 Å². The first-order chi connectivity index (χ1) is 8.54. The number of carbonyl (C=O) groups excluding carboxylic acids is 1. The number of carbonyl (C=O) groups is 1. The van der Waals surface area contributed by atoms with Gasteiger partial charge in [0.25, 0.3) is 0 Å². The maximum absolute atomic E-state index is 11.5. The van der Waals surface area contributed by atoms with Crippen LogP contribution in [0.4, 0.5) is 11.4 Å². The fourth-order valence-corrected chi connectivity index (χ4v) is 2.77. The van der Waals surface area contributed by atoms with E-state index in [4.69, 9.17) is 5.73 Å². The topological polar surface area (TPSA) is 58.4 Å². The van der Waals surface area contributed by atoms with Crippen molar-refractivity contribution in [2.75, 3.05) is 23.8 Å². The first kappa shape index (κ1) is 13.4. The van der Waals surface area contributed by atoms with E-state index < -0.39 is 6.04 Å². The lowest BCUT2D eigenvalue weighted by Crippen LogP contribution is -2.19. The number of rotatable bonds is 4. The molecule has 0 aliphatic carbocycles. The number of halogens is 1. The molecule has 5 heteroatoms. The summed E-state index contributed by atoms with van der Waals surface area (Å²) >= 11 is 3.55. The van der Waals surface area contributed by atoms with Gasteiger partial charge >= 0.3 is 0 Å². The number of anilines is 2. The van der Waals surface area contributed by atoms with Crippen LogP contribution < -0.4 is 16.0 Å². The molecule has 4 nitrogen and oxygen atoms in total. The summed E-state index contributed by atoms with van der Waals surface area (Å²) in [6.45, 7) is 3.17. The molecule has 1 aliphatic heterocycles. The number of hydrogen-bond acceptors (Lipinski definition) is 3. The Morgan fingerprint density at radius 2 is 2.22 bits per heavy atom. The number of fused-ring (bicyclic) bond motifs is 1. The number of benzene rings is 1. The van der Waals surface area contributed by atoms with Crippen molar-refractivity contribution < 1.29 is 4.79 Å². The second kappa shape index (κ2) is 5.28. The van der Waals surface area contributed by atoms with Gasteiger partial charge in [0.15, 0.2) is 0 Å². The number of unbranched alkanes of at least 4 members (excludes halogenated alkanes) is 1. The van der Waals surface area contributed by atoms with E-state index in [1.807, 2.05) is 12.1 Å². The van der Waals surface area contributed by atoms with Crippen LogP contribution in [-0.2, 0) is 4.79 Å². The summed E-state index contributed by atoms with van der Waals surface area (Å²) in [7, 11) is 2.05. The summed E-state index contributed by atoms with van der Waals surface area (Å²) in [6.07, 6.45) is 2.31. The lowest BCUT2D eigenvalue weighted by atomic mass is 10.1. The van der Waals surface area contributed by atoms with Crippen molar-refractivity contribution >= 4 is 33.2 Å². The van der Waals surface area contributed by atoms with Gasteiger partial charge < -0.3 is 16.0 Å². The quantitative estimate of drug-likeness (QED) is 0.898. The number of hydrogen-bond donors (Lipinski definition) is 2. The van der Waals surface area contributed by atoms with E-state index in [1.54, 1.807) is 0 Å². The van der Waals surface area contributed by atoms with Crippen LogP contribution >= 0.6 is 15.9 Å². The number of nitrogens with two attached hydrogens (primary N) is 1. The van der Waals surface area contributed by atoms with Crippen LogP contribution in [-0.4, -0.2) is 19.5 Å². The first-order valence-corrected chi connectivity index (χ1v) is 6.95. The zero-order valence-corrected chi connectivity index (χ0v) is 12.3. The molecule has 0 fully saturated rings. The van der Waals surface area contributed by atoms with Gasteiger partial charge in [-0.25, -0.2) is 0 Å². The molecule has 1 amide bonds. The third kappa shape index (κ3) is 2.37. The molecule has 1 heterocycles. The molecule has 98 valence electrons. The van der Waals surface area contributed by atoms with Crippen molar-refractivity contribution in [3.05, 3.63) is 22.2 Å². The lowest BCUT2D eigenvalue weighted by Gasteiger charge is -2.21. The van der Waals surface area contributed by atoms with Gasteiger partial charge in [0, 0.05) is 29.3 Å². The summed E-state index contributed by atoms with van der Waals surface area (Å²) in [4.78, 5) is 13.7. The van der Waals surface area contributed by atoms with Gasteiger partial charge in [-0.15, -0.1) is 0 Å². The van der Waals surface area contributed by atoms with Crippen molar-refractivity contribution in [3.8, 4) is 0 Å². The highest BCUT2D eigenvalue weighted by atomic mass is 79.9. The van der Waals surface area contributed by atoms with Crippen LogP contribution in [0.1, 0.15) is 31.4 Å². The monoisotopic (exact) mass is 311 g/mol. The zero-order chi connectivity index (χ0) is 13.3. The molecular formula is C13H18BrN3O. The molecule has 0 saturated carbocycles. The Bertz CT molecular complexity index is 476. The van der Waals surface area contributed by atoms with Gasteiger partial charge in [0.2, 0.25) is 5.91 Å². The highest BCUT2D eigenvalue weighted by molar-refractivity contribution is 9.10. The van der Waals surface area contributed by atoms with E-state index in [1.165, 1.54) is 0 Å². The number of nitrogens with one attached hydrogen (secondary N) is 1. The van der Waals surface area contributed by atoms with E-state index >= 15 is 0 Å². The maximum atomic E-state index is 11.5. The third-order valence-corrected chi connectivity index (χ3v) is 3.89. The first-order valence-electron chi connectivity index (χ1n) is 6.15. The highest BCUT2D eigenvalue weighted by Gasteiger charge is 2.28. The van der Waals surface area contributed by atoms with Crippen LogP contribution in [0.2, 0.25) is 0 Å². The minimum atomic E-state index is -0.550. The normalized spacial score (nSPS) is 17.6. The molecule has 1 aliphatic rings. The van der Waals surface area contributed by atoms with Gasteiger partial charge in [-0.1, -0.05) is 13.3 Å². The summed E-state index contributed by atoms with van der Waals surface area (Å²) in [5.41, 5.74) is 8.59. The lowest BCUT2D eigenvalue weighted by molar-refractivity contribution is -0.116. The molecule has 0 saturated heterocycles. The Morgan fingerprint density at radius 1 is 1.50 bits per heavy atom. The second-order valence-electron chi connectivity index (χ2n) is 4.63. The van der Waals surface area contributed by atoms with Gasteiger partial charge in [0.05, 0.1) is 5.69 Å². The smallest absolute Gasteiger partial charge is 0.245 e. The standard InChI is InChI=1S/C13H18BrN3O/c1-3-4-5-17(2)11-7-10-8(6-9(11)14)12(15)13(18)16-10/h6-7,12H,3-5,15H2,1-2H3,(H,16,18). The third-order valence-electron chi connectivity index (χ3n) is 3.25. The zero-order valence-electron chi connectivity index (χ0n) is 10.7. The van der Waals surface area contributed by atoms with Crippen molar-refractivity contribution in [1.29, 1.82) is 0 Å². The summed E-state index contributed by atoms with van der Waals surface area (Å²) < 4.78 is 0.979. The van der Waals surface area contributed by atoms with E-state index in [-0.39, 0.29) is 5.91 Å². The molecule has 1 unspecified atom stereocenters. The Kier molecular flexibility index (Phi) is 3.92. The van der Waals surface area contributed by atoms with Gasteiger partial charge in [-0.05, 0) is 34.5 Å². The minimum Gasteiger partial charge on any atom is -0.374 e. The molecule has 2 rings (SSSR count). The molecule has 0 radical (unpaired) electrons. The van der Waals surface area contributed by atoms with Crippen LogP contribution in [0.15, 0.2) is 16.6 Å². The molecule has 1 aromatic carbocycles. The molecule has 3 N–H and O–H groups in total. The Balaban J connectivity index is 2.29. The van der Waals surface area contributed by atoms with Crippen LogP contribution in [0.25, 0.3) is 0 Å². The predicted molar refractivity (Wildman–Crippen MR) is 77.9 cm³/mol. The fraction of sp³-hybridized carbons (Fsp3) is 0.462. The van der Waals surface area contributed by atoms with E-state index in [2.05, 4.69) is 40.1 Å². The SMILES string of the molecule is CCCCN(C)c1cc2c(cc1Br)C(N)C(=O)N2. The molecule has 18 heavy (non-hydrogen) atoms. The van der Waals surface area contributed by atoms with Crippen molar-refractivity contribution in [1.82, 2.24) is 0 Å². The fourth-order valence-electron chi connectivity index (χ4n) is 2.10. The second-order valence-corrected chi connectivity index (χ2v) is 5.49. The van der Waals surface area contributed by atoms with E-state index in [0.717, 1.165) is 40.8 Å². The van der Waals surface area contributed by atoms with Crippen LogP contribution in [0.5, 0.6) is 0 Å². The van der Waals surface area contributed by atoms with E-state index in [9.17, 15) is 4.79 Å². The molecule has 1 atom stereocenters. The summed E-state index contributed by atoms with van der Waals surface area (Å²) in [5, 5.41) is 2.81. The minimum absolute atomic E-state index is 0.134. The highest BCUT2D eigenvalue weighted by Crippen LogP contribution is 2.37.